The SMILES string of the molecule is CNC(=O)c1sc2ncccc2c1C1CCN(S(=O)(=O)N2CCOCC2)C1. The van der Waals surface area contributed by atoms with Gasteiger partial charge in [-0.05, 0) is 18.1 Å². The third-order valence-corrected chi connectivity index (χ3v) is 8.25. The number of hydrogen-bond acceptors (Lipinski definition) is 6. The van der Waals surface area contributed by atoms with E-state index in [0.717, 1.165) is 15.8 Å². The van der Waals surface area contributed by atoms with Crippen LogP contribution < -0.4 is 5.32 Å². The van der Waals surface area contributed by atoms with Crippen LogP contribution in [0.1, 0.15) is 27.6 Å². The molecule has 4 rings (SSSR count). The van der Waals surface area contributed by atoms with Gasteiger partial charge in [-0.15, -0.1) is 11.3 Å². The van der Waals surface area contributed by atoms with Crippen molar-refractivity contribution in [2.75, 3.05) is 46.4 Å². The second-order valence-electron chi connectivity index (χ2n) is 6.64. The lowest BCUT2D eigenvalue weighted by molar-refractivity contribution is 0.0705. The fourth-order valence-corrected chi connectivity index (χ4v) is 6.57. The topological polar surface area (TPSA) is 91.8 Å². The van der Waals surface area contributed by atoms with Gasteiger partial charge in [-0.25, -0.2) is 4.98 Å². The van der Waals surface area contributed by atoms with Gasteiger partial charge in [-0.1, -0.05) is 6.07 Å². The number of fused-ring (bicyclic) bond motifs is 1. The molecule has 1 unspecified atom stereocenters. The smallest absolute Gasteiger partial charge is 0.282 e. The van der Waals surface area contributed by atoms with Crippen molar-refractivity contribution in [2.24, 2.45) is 0 Å². The molecule has 2 aromatic heterocycles. The predicted molar refractivity (Wildman–Crippen MR) is 103 cm³/mol. The standard InChI is InChI=1S/C17H22N4O4S2/c1-18-16(22)15-14(13-3-2-5-19-17(13)26-15)12-4-6-21(11-12)27(23,24)20-7-9-25-10-8-20/h2-3,5,12H,4,6-11H2,1H3,(H,18,22). The Morgan fingerprint density at radius 2 is 2.07 bits per heavy atom. The number of thiophene rings is 1. The van der Waals surface area contributed by atoms with Crippen LogP contribution in [0.25, 0.3) is 10.2 Å². The molecule has 1 amide bonds. The first kappa shape index (κ1) is 18.8. The van der Waals surface area contributed by atoms with Crippen LogP contribution in [0.5, 0.6) is 0 Å². The van der Waals surface area contributed by atoms with Crippen molar-refractivity contribution in [2.45, 2.75) is 12.3 Å². The summed E-state index contributed by atoms with van der Waals surface area (Å²) in [7, 11) is -1.90. The maximum absolute atomic E-state index is 12.9. The third kappa shape index (κ3) is 3.36. The molecule has 2 fully saturated rings. The van der Waals surface area contributed by atoms with E-state index >= 15 is 0 Å². The van der Waals surface area contributed by atoms with Crippen LogP contribution in [-0.2, 0) is 14.9 Å². The number of hydrogen-bond donors (Lipinski definition) is 1. The van der Waals surface area contributed by atoms with Crippen LogP contribution in [0.2, 0.25) is 0 Å². The number of nitrogens with one attached hydrogen (secondary N) is 1. The van der Waals surface area contributed by atoms with E-state index in [4.69, 9.17) is 4.74 Å². The van der Waals surface area contributed by atoms with Crippen molar-refractivity contribution in [1.82, 2.24) is 18.9 Å². The summed E-state index contributed by atoms with van der Waals surface area (Å²) in [4.78, 5) is 18.2. The molecule has 2 aliphatic rings. The summed E-state index contributed by atoms with van der Waals surface area (Å²) >= 11 is 1.36. The molecule has 0 aromatic carbocycles. The first-order chi connectivity index (χ1) is 13.0. The van der Waals surface area contributed by atoms with Crippen molar-refractivity contribution in [1.29, 1.82) is 0 Å². The Bertz CT molecular complexity index is 953. The minimum atomic E-state index is -3.50. The average molecular weight is 411 g/mol. The second kappa shape index (κ2) is 7.44. The fraction of sp³-hybridized carbons (Fsp3) is 0.529. The number of rotatable bonds is 4. The Hall–Kier alpha value is -1.59. The number of aromatic nitrogens is 1. The summed E-state index contributed by atoms with van der Waals surface area (Å²) in [5, 5.41) is 3.63. The fourth-order valence-electron chi connectivity index (χ4n) is 3.75. The van der Waals surface area contributed by atoms with E-state index in [1.54, 1.807) is 13.2 Å². The van der Waals surface area contributed by atoms with E-state index in [1.165, 1.54) is 19.9 Å². The van der Waals surface area contributed by atoms with E-state index in [1.807, 2.05) is 12.1 Å². The zero-order valence-electron chi connectivity index (χ0n) is 15.1. The molecular weight excluding hydrogens is 388 g/mol. The lowest BCUT2D eigenvalue weighted by Gasteiger charge is -2.30. The summed E-state index contributed by atoms with van der Waals surface area (Å²) in [6.07, 6.45) is 2.40. The number of morpholine rings is 1. The summed E-state index contributed by atoms with van der Waals surface area (Å²) in [5.41, 5.74) is 0.919. The molecule has 1 N–H and O–H groups in total. The minimum Gasteiger partial charge on any atom is -0.379 e. The third-order valence-electron chi connectivity index (χ3n) is 5.12. The normalized spacial score (nSPS) is 22.3. The molecule has 0 radical (unpaired) electrons. The molecule has 2 aliphatic heterocycles. The van der Waals surface area contributed by atoms with Crippen molar-refractivity contribution >= 4 is 37.7 Å². The van der Waals surface area contributed by atoms with E-state index in [-0.39, 0.29) is 11.8 Å². The Morgan fingerprint density at radius 1 is 1.30 bits per heavy atom. The highest BCUT2D eigenvalue weighted by molar-refractivity contribution is 7.86. The predicted octanol–water partition coefficient (Wildman–Crippen LogP) is 1.02. The maximum Gasteiger partial charge on any atom is 0.282 e. The van der Waals surface area contributed by atoms with Gasteiger partial charge in [0.2, 0.25) is 0 Å². The molecule has 8 nitrogen and oxygen atoms in total. The lowest BCUT2D eigenvalue weighted by Crippen LogP contribution is -2.47. The molecule has 0 bridgehead atoms. The Balaban J connectivity index is 1.65. The van der Waals surface area contributed by atoms with Crippen LogP contribution in [0.15, 0.2) is 18.3 Å². The van der Waals surface area contributed by atoms with Gasteiger partial charge in [0, 0.05) is 50.7 Å². The first-order valence-electron chi connectivity index (χ1n) is 8.95. The molecule has 2 saturated heterocycles. The molecule has 10 heteroatoms. The molecular formula is C17H22N4O4S2. The Morgan fingerprint density at radius 3 is 2.81 bits per heavy atom. The number of pyridine rings is 1. The Labute approximate surface area is 162 Å². The summed E-state index contributed by atoms with van der Waals surface area (Å²) < 4.78 is 34.2. The largest absolute Gasteiger partial charge is 0.379 e. The average Bonchev–Trinajstić information content (AvgIpc) is 3.33. The second-order valence-corrected chi connectivity index (χ2v) is 9.57. The molecule has 27 heavy (non-hydrogen) atoms. The summed E-state index contributed by atoms with van der Waals surface area (Å²) in [5.74, 6) is -0.173. The number of amides is 1. The van der Waals surface area contributed by atoms with Gasteiger partial charge in [-0.2, -0.15) is 17.0 Å². The van der Waals surface area contributed by atoms with Crippen LogP contribution in [0.3, 0.4) is 0 Å². The summed E-state index contributed by atoms with van der Waals surface area (Å²) in [6, 6.07) is 3.81. The minimum absolute atomic E-state index is 0.0222. The van der Waals surface area contributed by atoms with Gasteiger partial charge >= 0.3 is 0 Å². The van der Waals surface area contributed by atoms with Crippen LogP contribution in [0.4, 0.5) is 0 Å². The number of carbonyl (C=O) groups is 1. The van der Waals surface area contributed by atoms with E-state index < -0.39 is 10.2 Å². The van der Waals surface area contributed by atoms with Crippen LogP contribution in [0, 0.1) is 0 Å². The van der Waals surface area contributed by atoms with E-state index in [9.17, 15) is 13.2 Å². The highest BCUT2D eigenvalue weighted by Gasteiger charge is 2.38. The van der Waals surface area contributed by atoms with Crippen LogP contribution >= 0.6 is 11.3 Å². The van der Waals surface area contributed by atoms with Crippen molar-refractivity contribution in [3.63, 3.8) is 0 Å². The molecule has 0 aliphatic carbocycles. The number of ether oxygens (including phenoxy) is 1. The number of carbonyl (C=O) groups excluding carboxylic acids is 1. The van der Waals surface area contributed by atoms with E-state index in [2.05, 4.69) is 10.3 Å². The maximum atomic E-state index is 12.9. The lowest BCUT2D eigenvalue weighted by atomic mass is 9.95. The van der Waals surface area contributed by atoms with Gasteiger partial charge in [0.15, 0.2) is 0 Å². The van der Waals surface area contributed by atoms with Crippen LogP contribution in [-0.4, -0.2) is 74.4 Å². The monoisotopic (exact) mass is 410 g/mol. The zero-order chi connectivity index (χ0) is 19.0. The zero-order valence-corrected chi connectivity index (χ0v) is 16.7. The van der Waals surface area contributed by atoms with Gasteiger partial charge in [0.1, 0.15) is 4.83 Å². The molecule has 146 valence electrons. The number of nitrogens with zero attached hydrogens (tertiary/aromatic N) is 3. The van der Waals surface area contributed by atoms with Crippen molar-refractivity contribution in [3.05, 3.63) is 28.8 Å². The molecule has 1 atom stereocenters. The highest BCUT2D eigenvalue weighted by atomic mass is 32.2. The highest BCUT2D eigenvalue weighted by Crippen LogP contribution is 2.40. The van der Waals surface area contributed by atoms with Crippen molar-refractivity contribution in [3.8, 4) is 0 Å². The van der Waals surface area contributed by atoms with E-state index in [0.29, 0.717) is 50.7 Å². The Kier molecular flexibility index (Phi) is 5.17. The van der Waals surface area contributed by atoms with Crippen molar-refractivity contribution < 1.29 is 17.9 Å². The molecule has 0 saturated carbocycles. The molecule has 4 heterocycles. The van der Waals surface area contributed by atoms with Gasteiger partial charge in [0.25, 0.3) is 16.1 Å². The van der Waals surface area contributed by atoms with Gasteiger partial charge in [0.05, 0.1) is 18.1 Å². The molecule has 0 spiro atoms. The van der Waals surface area contributed by atoms with Gasteiger partial charge < -0.3 is 10.1 Å². The molecule has 2 aromatic rings. The summed E-state index contributed by atoms with van der Waals surface area (Å²) in [6.45, 7) is 2.46. The first-order valence-corrected chi connectivity index (χ1v) is 11.2. The quantitative estimate of drug-likeness (QED) is 0.813. The van der Waals surface area contributed by atoms with Gasteiger partial charge in [-0.3, -0.25) is 4.79 Å².